The number of ether oxygens (including phenoxy) is 2. The first kappa shape index (κ1) is 16.6. The molecule has 2 rings (SSSR count). The summed E-state index contributed by atoms with van der Waals surface area (Å²) in [6.07, 6.45) is 1.68. The van der Waals surface area contributed by atoms with Crippen molar-refractivity contribution in [2.45, 2.75) is 6.92 Å². The lowest BCUT2D eigenvalue weighted by atomic mass is 10.2. The molecule has 0 aliphatic rings. The molecule has 0 spiro atoms. The summed E-state index contributed by atoms with van der Waals surface area (Å²) < 4.78 is 11.0. The maximum atomic E-state index is 12.0. The van der Waals surface area contributed by atoms with E-state index >= 15 is 0 Å². The fraction of sp³-hybridized carbons (Fsp3) is 0.211. The maximum Gasteiger partial charge on any atom is 0.251 e. The molecule has 1 N–H and O–H groups in total. The summed E-state index contributed by atoms with van der Waals surface area (Å²) in [7, 11) is 0. The van der Waals surface area contributed by atoms with Gasteiger partial charge in [0.05, 0.1) is 6.54 Å². The van der Waals surface area contributed by atoms with Crippen LogP contribution < -0.4 is 14.8 Å². The average Bonchev–Trinajstić information content (AvgIpc) is 2.58. The molecule has 0 fully saturated rings. The Bertz CT molecular complexity index is 650. The molecular formula is C19H21NO3. The van der Waals surface area contributed by atoms with Crippen molar-refractivity contribution in [2.75, 3.05) is 19.8 Å². The smallest absolute Gasteiger partial charge is 0.251 e. The van der Waals surface area contributed by atoms with E-state index in [4.69, 9.17) is 9.47 Å². The predicted molar refractivity (Wildman–Crippen MR) is 91.1 cm³/mol. The number of amides is 1. The van der Waals surface area contributed by atoms with E-state index in [-0.39, 0.29) is 5.91 Å². The van der Waals surface area contributed by atoms with Crippen molar-refractivity contribution >= 4 is 5.91 Å². The van der Waals surface area contributed by atoms with E-state index in [1.165, 1.54) is 0 Å². The van der Waals surface area contributed by atoms with Crippen LogP contribution in [-0.2, 0) is 0 Å². The Labute approximate surface area is 136 Å². The molecule has 0 aliphatic carbocycles. The van der Waals surface area contributed by atoms with E-state index in [2.05, 4.69) is 11.9 Å². The number of hydrogen-bond donors (Lipinski definition) is 1. The first-order valence-electron chi connectivity index (χ1n) is 7.51. The van der Waals surface area contributed by atoms with E-state index in [1.807, 2.05) is 31.2 Å². The van der Waals surface area contributed by atoms with Crippen LogP contribution in [0.15, 0.2) is 61.2 Å². The Morgan fingerprint density at radius 1 is 1.13 bits per heavy atom. The molecular weight excluding hydrogens is 290 g/mol. The summed E-state index contributed by atoms with van der Waals surface area (Å²) in [6.45, 7) is 6.90. The maximum absolute atomic E-state index is 12.0. The molecule has 4 heteroatoms. The first-order valence-corrected chi connectivity index (χ1v) is 7.51. The summed E-state index contributed by atoms with van der Waals surface area (Å²) in [4.78, 5) is 12.0. The van der Waals surface area contributed by atoms with E-state index < -0.39 is 0 Å². The number of aryl methyl sites for hydroxylation is 1. The largest absolute Gasteiger partial charge is 0.491 e. The Balaban J connectivity index is 1.76. The molecule has 2 aromatic carbocycles. The zero-order valence-corrected chi connectivity index (χ0v) is 13.2. The van der Waals surface area contributed by atoms with E-state index in [1.54, 1.807) is 30.3 Å². The number of nitrogens with one attached hydrogen (secondary N) is 1. The molecule has 4 nitrogen and oxygen atoms in total. The van der Waals surface area contributed by atoms with Crippen LogP contribution in [0.5, 0.6) is 11.5 Å². The van der Waals surface area contributed by atoms with Gasteiger partial charge in [-0.3, -0.25) is 4.79 Å². The zero-order valence-electron chi connectivity index (χ0n) is 13.2. The first-order chi connectivity index (χ1) is 11.2. The van der Waals surface area contributed by atoms with Crippen molar-refractivity contribution in [1.29, 1.82) is 0 Å². The molecule has 0 bridgehead atoms. The van der Waals surface area contributed by atoms with Gasteiger partial charge < -0.3 is 14.8 Å². The van der Waals surface area contributed by atoms with Gasteiger partial charge >= 0.3 is 0 Å². The highest BCUT2D eigenvalue weighted by atomic mass is 16.5. The monoisotopic (exact) mass is 311 g/mol. The van der Waals surface area contributed by atoms with Gasteiger partial charge in [0, 0.05) is 5.56 Å². The molecule has 0 aliphatic heterocycles. The van der Waals surface area contributed by atoms with Crippen molar-refractivity contribution in [3.05, 3.63) is 72.3 Å². The fourth-order valence-electron chi connectivity index (χ4n) is 2.00. The minimum Gasteiger partial charge on any atom is -0.491 e. The Kier molecular flexibility index (Phi) is 6.24. The van der Waals surface area contributed by atoms with E-state index in [0.717, 1.165) is 11.3 Å². The van der Waals surface area contributed by atoms with Gasteiger partial charge in [0.1, 0.15) is 24.7 Å². The highest BCUT2D eigenvalue weighted by Crippen LogP contribution is 2.15. The number of hydrogen-bond acceptors (Lipinski definition) is 3. The van der Waals surface area contributed by atoms with E-state index in [0.29, 0.717) is 31.1 Å². The van der Waals surface area contributed by atoms with Gasteiger partial charge in [-0.15, -0.1) is 0 Å². The van der Waals surface area contributed by atoms with Crippen molar-refractivity contribution in [3.63, 3.8) is 0 Å². The van der Waals surface area contributed by atoms with Gasteiger partial charge in [0.15, 0.2) is 0 Å². The van der Waals surface area contributed by atoms with Gasteiger partial charge in [-0.1, -0.05) is 30.9 Å². The quantitative estimate of drug-likeness (QED) is 0.600. The van der Waals surface area contributed by atoms with Crippen LogP contribution in [0.2, 0.25) is 0 Å². The summed E-state index contributed by atoms with van der Waals surface area (Å²) in [6, 6.07) is 14.8. The number of para-hydroxylation sites is 1. The standard InChI is InChI=1S/C19H21NO3/c1-3-13-22-17-10-8-16(9-11-17)19(21)20-12-14-23-18-7-5-4-6-15(18)2/h3-11H,1,12-14H2,2H3,(H,20,21). The van der Waals surface area contributed by atoms with Crippen LogP contribution in [0.1, 0.15) is 15.9 Å². The molecule has 0 atom stereocenters. The second-order valence-electron chi connectivity index (χ2n) is 4.99. The summed E-state index contributed by atoms with van der Waals surface area (Å²) in [5, 5.41) is 2.83. The third-order valence-corrected chi connectivity index (χ3v) is 3.22. The zero-order chi connectivity index (χ0) is 16.5. The molecule has 0 unspecified atom stereocenters. The number of rotatable bonds is 8. The minimum absolute atomic E-state index is 0.131. The van der Waals surface area contributed by atoms with Gasteiger partial charge in [-0.05, 0) is 42.8 Å². The van der Waals surface area contributed by atoms with Crippen LogP contribution in [0.25, 0.3) is 0 Å². The SMILES string of the molecule is C=CCOc1ccc(C(=O)NCCOc2ccccc2C)cc1. The Morgan fingerprint density at radius 2 is 1.87 bits per heavy atom. The third kappa shape index (κ3) is 5.18. The highest BCUT2D eigenvalue weighted by Gasteiger charge is 2.05. The van der Waals surface area contributed by atoms with Crippen molar-refractivity contribution < 1.29 is 14.3 Å². The third-order valence-electron chi connectivity index (χ3n) is 3.22. The minimum atomic E-state index is -0.131. The van der Waals surface area contributed by atoms with Gasteiger partial charge in [-0.25, -0.2) is 0 Å². The van der Waals surface area contributed by atoms with Crippen molar-refractivity contribution in [2.24, 2.45) is 0 Å². The lowest BCUT2D eigenvalue weighted by Gasteiger charge is -2.10. The van der Waals surface area contributed by atoms with Gasteiger partial charge in [0.2, 0.25) is 0 Å². The second kappa shape index (κ2) is 8.63. The normalized spacial score (nSPS) is 9.96. The second-order valence-corrected chi connectivity index (χ2v) is 4.99. The number of benzene rings is 2. The lowest BCUT2D eigenvalue weighted by molar-refractivity contribution is 0.0947. The molecule has 0 heterocycles. The molecule has 23 heavy (non-hydrogen) atoms. The molecule has 0 saturated carbocycles. The van der Waals surface area contributed by atoms with Gasteiger partial charge in [-0.2, -0.15) is 0 Å². The average molecular weight is 311 g/mol. The molecule has 0 radical (unpaired) electrons. The highest BCUT2D eigenvalue weighted by molar-refractivity contribution is 5.94. The Hall–Kier alpha value is -2.75. The van der Waals surface area contributed by atoms with Crippen LogP contribution in [-0.4, -0.2) is 25.7 Å². The molecule has 0 saturated heterocycles. The number of carbonyl (C=O) groups is 1. The summed E-state index contributed by atoms with van der Waals surface area (Å²) in [5.74, 6) is 1.42. The molecule has 1 amide bonds. The van der Waals surface area contributed by atoms with Crippen molar-refractivity contribution in [1.82, 2.24) is 5.32 Å². The van der Waals surface area contributed by atoms with Crippen LogP contribution in [0.4, 0.5) is 0 Å². The molecule has 2 aromatic rings. The fourth-order valence-corrected chi connectivity index (χ4v) is 2.00. The van der Waals surface area contributed by atoms with Crippen molar-refractivity contribution in [3.8, 4) is 11.5 Å². The van der Waals surface area contributed by atoms with Gasteiger partial charge in [0.25, 0.3) is 5.91 Å². The molecule has 0 aromatic heterocycles. The molecule has 120 valence electrons. The summed E-state index contributed by atoms with van der Waals surface area (Å²) >= 11 is 0. The Morgan fingerprint density at radius 3 is 2.57 bits per heavy atom. The lowest BCUT2D eigenvalue weighted by Crippen LogP contribution is -2.28. The van der Waals surface area contributed by atoms with E-state index in [9.17, 15) is 4.79 Å². The predicted octanol–water partition coefficient (Wildman–Crippen LogP) is 3.37. The van der Waals surface area contributed by atoms with Crippen LogP contribution >= 0.6 is 0 Å². The number of carbonyl (C=O) groups excluding carboxylic acids is 1. The summed E-state index contributed by atoms with van der Waals surface area (Å²) in [5.41, 5.74) is 1.67. The topological polar surface area (TPSA) is 47.6 Å². The van der Waals surface area contributed by atoms with Crippen LogP contribution in [0, 0.1) is 6.92 Å². The van der Waals surface area contributed by atoms with Crippen LogP contribution in [0.3, 0.4) is 0 Å².